The molecule has 0 atom stereocenters. The first-order chi connectivity index (χ1) is 13.6. The van der Waals surface area contributed by atoms with Crippen molar-refractivity contribution in [3.63, 3.8) is 0 Å². The van der Waals surface area contributed by atoms with Crippen molar-refractivity contribution in [2.45, 2.75) is 6.42 Å². The minimum Gasteiger partial charge on any atom is -0.369 e. The van der Waals surface area contributed by atoms with Crippen LogP contribution >= 0.6 is 11.3 Å². The van der Waals surface area contributed by atoms with Gasteiger partial charge >= 0.3 is 0 Å². The monoisotopic (exact) mass is 395 g/mol. The number of piperazine rings is 1. The second-order valence-corrected chi connectivity index (χ2v) is 8.01. The summed E-state index contributed by atoms with van der Waals surface area (Å²) in [5.41, 5.74) is 1.12. The van der Waals surface area contributed by atoms with Gasteiger partial charge < -0.3 is 4.90 Å². The Labute approximate surface area is 167 Å². The first-order valence-electron chi connectivity index (χ1n) is 9.34. The minimum absolute atomic E-state index is 0.113. The van der Waals surface area contributed by atoms with Crippen LogP contribution in [-0.2, 0) is 0 Å². The number of carbonyl (C=O) groups excluding carboxylic acids is 1. The van der Waals surface area contributed by atoms with Gasteiger partial charge in [0, 0.05) is 61.7 Å². The van der Waals surface area contributed by atoms with Crippen molar-refractivity contribution in [1.82, 2.24) is 4.90 Å². The number of fused-ring (bicyclic) bond motifs is 1. The smallest absolute Gasteiger partial charge is 0.269 e. The Kier molecular flexibility index (Phi) is 5.36. The second kappa shape index (κ2) is 8.08. The number of ketones is 1. The Morgan fingerprint density at radius 2 is 1.75 bits per heavy atom. The first kappa shape index (κ1) is 18.6. The van der Waals surface area contributed by atoms with E-state index in [-0.39, 0.29) is 16.4 Å². The fraction of sp³-hybridized carbons (Fsp3) is 0.286. The van der Waals surface area contributed by atoms with E-state index >= 15 is 0 Å². The van der Waals surface area contributed by atoms with Crippen LogP contribution in [0, 0.1) is 10.1 Å². The van der Waals surface area contributed by atoms with Crippen LogP contribution in [0.3, 0.4) is 0 Å². The second-order valence-electron chi connectivity index (χ2n) is 6.92. The van der Waals surface area contributed by atoms with Crippen molar-refractivity contribution in [1.29, 1.82) is 0 Å². The molecule has 7 heteroatoms. The van der Waals surface area contributed by atoms with Gasteiger partial charge in [0.2, 0.25) is 0 Å². The maximum atomic E-state index is 12.5. The molecule has 0 saturated carbocycles. The summed E-state index contributed by atoms with van der Waals surface area (Å²) in [6.07, 6.45) is 0.532. The number of rotatable bonds is 6. The molecule has 1 aliphatic heterocycles. The zero-order chi connectivity index (χ0) is 19.5. The molecular weight excluding hydrogens is 374 g/mol. The summed E-state index contributed by atoms with van der Waals surface area (Å²) in [4.78, 5) is 28.3. The Morgan fingerprint density at radius 1 is 1.04 bits per heavy atom. The van der Waals surface area contributed by atoms with Gasteiger partial charge in [-0.3, -0.25) is 19.8 Å². The molecule has 0 radical (unpaired) electrons. The van der Waals surface area contributed by atoms with Gasteiger partial charge in [-0.1, -0.05) is 18.2 Å². The van der Waals surface area contributed by atoms with Gasteiger partial charge in [-0.05, 0) is 29.7 Å². The normalized spacial score (nSPS) is 15.1. The minimum atomic E-state index is -0.380. The topological polar surface area (TPSA) is 66.7 Å². The highest BCUT2D eigenvalue weighted by atomic mass is 32.1. The summed E-state index contributed by atoms with van der Waals surface area (Å²) in [7, 11) is 0. The highest BCUT2D eigenvalue weighted by molar-refractivity contribution is 7.20. The number of thiophene rings is 1. The van der Waals surface area contributed by atoms with Crippen LogP contribution in [0.15, 0.2) is 54.6 Å². The van der Waals surface area contributed by atoms with Gasteiger partial charge in [-0.15, -0.1) is 11.3 Å². The van der Waals surface area contributed by atoms with Crippen LogP contribution in [0.2, 0.25) is 0 Å². The standard InChI is InChI=1S/C21H21N3O3S/c25-19(21-15-16-3-1-2-4-20(16)28-21)9-10-22-11-13-23(14-12-22)17-5-7-18(8-6-17)24(26)27/h1-8,15H,9-14H2. The van der Waals surface area contributed by atoms with Gasteiger partial charge in [0.15, 0.2) is 5.78 Å². The lowest BCUT2D eigenvalue weighted by Crippen LogP contribution is -2.46. The summed E-state index contributed by atoms with van der Waals surface area (Å²) in [6, 6.07) is 16.8. The molecule has 6 nitrogen and oxygen atoms in total. The number of nitrogens with zero attached hydrogens (tertiary/aromatic N) is 3. The summed E-state index contributed by atoms with van der Waals surface area (Å²) < 4.78 is 1.16. The number of hydrogen-bond donors (Lipinski definition) is 0. The Morgan fingerprint density at radius 3 is 2.43 bits per heavy atom. The van der Waals surface area contributed by atoms with E-state index in [2.05, 4.69) is 9.80 Å². The summed E-state index contributed by atoms with van der Waals surface area (Å²) in [5.74, 6) is 0.207. The van der Waals surface area contributed by atoms with Crippen molar-refractivity contribution in [2.75, 3.05) is 37.6 Å². The van der Waals surface area contributed by atoms with E-state index in [0.717, 1.165) is 53.4 Å². The molecule has 3 aromatic rings. The van der Waals surface area contributed by atoms with Gasteiger partial charge in [-0.2, -0.15) is 0 Å². The quantitative estimate of drug-likeness (QED) is 0.355. The molecule has 2 aromatic carbocycles. The van der Waals surface area contributed by atoms with Gasteiger partial charge in [0.05, 0.1) is 9.80 Å². The predicted molar refractivity (Wildman–Crippen MR) is 113 cm³/mol. The summed E-state index contributed by atoms with van der Waals surface area (Å²) in [6.45, 7) is 4.25. The van der Waals surface area contributed by atoms with Crippen molar-refractivity contribution < 1.29 is 9.72 Å². The molecular formula is C21H21N3O3S. The van der Waals surface area contributed by atoms with E-state index in [1.165, 1.54) is 0 Å². The zero-order valence-corrected chi connectivity index (χ0v) is 16.2. The number of Topliss-reactive ketones (excluding diaryl/α,β-unsaturated/α-hetero) is 1. The van der Waals surface area contributed by atoms with Crippen molar-refractivity contribution >= 4 is 38.6 Å². The van der Waals surface area contributed by atoms with Crippen LogP contribution < -0.4 is 4.90 Å². The van der Waals surface area contributed by atoms with E-state index in [9.17, 15) is 14.9 Å². The number of nitro benzene ring substituents is 1. The maximum Gasteiger partial charge on any atom is 0.269 e. The fourth-order valence-electron chi connectivity index (χ4n) is 3.52. The van der Waals surface area contributed by atoms with E-state index in [0.29, 0.717) is 6.42 Å². The largest absolute Gasteiger partial charge is 0.369 e. The highest BCUT2D eigenvalue weighted by Gasteiger charge is 2.19. The third-order valence-corrected chi connectivity index (χ3v) is 6.31. The van der Waals surface area contributed by atoms with E-state index in [1.54, 1.807) is 35.6 Å². The van der Waals surface area contributed by atoms with Crippen molar-refractivity contribution in [3.05, 3.63) is 69.6 Å². The SMILES string of the molecule is O=C(CCN1CCN(c2ccc([N+](=O)[O-])cc2)CC1)c1cc2ccccc2s1. The molecule has 1 saturated heterocycles. The average Bonchev–Trinajstić information content (AvgIpc) is 3.17. The molecule has 144 valence electrons. The molecule has 0 N–H and O–H groups in total. The fourth-order valence-corrected chi connectivity index (χ4v) is 4.55. The number of anilines is 1. The van der Waals surface area contributed by atoms with E-state index < -0.39 is 0 Å². The Balaban J connectivity index is 1.28. The molecule has 0 spiro atoms. The summed E-state index contributed by atoms with van der Waals surface area (Å²) >= 11 is 1.57. The molecule has 28 heavy (non-hydrogen) atoms. The third kappa shape index (κ3) is 4.05. The predicted octanol–water partition coefficient (Wildman–Crippen LogP) is 4.20. The number of non-ortho nitro benzene ring substituents is 1. The molecule has 0 aliphatic carbocycles. The van der Waals surface area contributed by atoms with Crippen LogP contribution in [0.1, 0.15) is 16.1 Å². The number of nitro groups is 1. The molecule has 1 aromatic heterocycles. The van der Waals surface area contributed by atoms with Gasteiger partial charge in [-0.25, -0.2) is 0 Å². The zero-order valence-electron chi connectivity index (χ0n) is 15.4. The van der Waals surface area contributed by atoms with Crippen molar-refractivity contribution in [3.8, 4) is 0 Å². The number of hydrogen-bond acceptors (Lipinski definition) is 6. The Bertz CT molecular complexity index is 959. The molecule has 1 aliphatic rings. The van der Waals surface area contributed by atoms with Gasteiger partial charge in [0.1, 0.15) is 0 Å². The lowest BCUT2D eigenvalue weighted by atomic mass is 10.2. The van der Waals surface area contributed by atoms with Crippen LogP contribution in [0.4, 0.5) is 11.4 Å². The lowest BCUT2D eigenvalue weighted by molar-refractivity contribution is -0.384. The van der Waals surface area contributed by atoms with E-state index in [1.807, 2.05) is 30.3 Å². The molecule has 0 bridgehead atoms. The molecule has 0 unspecified atom stereocenters. The molecule has 0 amide bonds. The third-order valence-electron chi connectivity index (χ3n) is 5.15. The lowest BCUT2D eigenvalue weighted by Gasteiger charge is -2.36. The molecule has 2 heterocycles. The maximum absolute atomic E-state index is 12.5. The number of benzene rings is 2. The van der Waals surface area contributed by atoms with Crippen LogP contribution in [-0.4, -0.2) is 48.3 Å². The molecule has 1 fully saturated rings. The Hall–Kier alpha value is -2.77. The molecule has 4 rings (SSSR count). The van der Waals surface area contributed by atoms with Crippen LogP contribution in [0.5, 0.6) is 0 Å². The van der Waals surface area contributed by atoms with Crippen LogP contribution in [0.25, 0.3) is 10.1 Å². The van der Waals surface area contributed by atoms with Crippen molar-refractivity contribution in [2.24, 2.45) is 0 Å². The average molecular weight is 395 g/mol. The highest BCUT2D eigenvalue weighted by Crippen LogP contribution is 2.26. The van der Waals surface area contributed by atoms with Gasteiger partial charge in [0.25, 0.3) is 5.69 Å². The van der Waals surface area contributed by atoms with E-state index in [4.69, 9.17) is 0 Å². The number of carbonyl (C=O) groups is 1. The first-order valence-corrected chi connectivity index (χ1v) is 10.2. The summed E-state index contributed by atoms with van der Waals surface area (Å²) in [5, 5.41) is 11.9.